The third-order valence-corrected chi connectivity index (χ3v) is 2.25. The molecule has 0 unspecified atom stereocenters. The second-order valence-electron chi connectivity index (χ2n) is 3.40. The molecule has 0 aromatic heterocycles. The first-order valence-corrected chi connectivity index (χ1v) is 6.04. The molecule has 0 aromatic rings. The zero-order valence-electron chi connectivity index (χ0n) is 9.83. The van der Waals surface area contributed by atoms with E-state index in [0.717, 1.165) is 25.7 Å². The monoisotopic (exact) mass is 250 g/mol. The van der Waals surface area contributed by atoms with Gasteiger partial charge in [-0.05, 0) is 12.8 Å². The lowest BCUT2D eigenvalue weighted by Crippen LogP contribution is -2.29. The molecule has 94 valence electrons. The Kier molecular flexibility index (Phi) is 9.00. The van der Waals surface area contributed by atoms with Gasteiger partial charge in [0.15, 0.2) is 0 Å². The Morgan fingerprint density at radius 1 is 1.00 bits per heavy atom. The molecule has 16 heavy (non-hydrogen) atoms. The molecule has 5 heteroatoms. The van der Waals surface area contributed by atoms with Gasteiger partial charge in [0.1, 0.15) is 0 Å². The van der Waals surface area contributed by atoms with Crippen molar-refractivity contribution >= 4 is 23.5 Å². The minimum Gasteiger partial charge on any atom is -0.464 e. The molecule has 0 saturated carbocycles. The summed E-state index contributed by atoms with van der Waals surface area (Å²) in [5.41, 5.74) is 0. The summed E-state index contributed by atoms with van der Waals surface area (Å²) in [4.78, 5) is 22.5. The molecule has 0 N–H and O–H groups in total. The summed E-state index contributed by atoms with van der Waals surface area (Å²) in [5, 5.41) is -1.34. The fourth-order valence-electron chi connectivity index (χ4n) is 0.877. The number of carbonyl (C=O) groups excluding carboxylic acids is 2. The van der Waals surface area contributed by atoms with Crippen LogP contribution in [-0.4, -0.2) is 30.5 Å². The molecule has 0 aliphatic rings. The molecule has 0 fully saturated rings. The number of alkyl halides is 1. The number of hydrogen-bond acceptors (Lipinski definition) is 4. The summed E-state index contributed by atoms with van der Waals surface area (Å²) in [6.45, 7) is 4.54. The Morgan fingerprint density at radius 2 is 1.38 bits per heavy atom. The first kappa shape index (κ1) is 15.2. The zero-order valence-corrected chi connectivity index (χ0v) is 10.6. The van der Waals surface area contributed by atoms with Gasteiger partial charge in [-0.15, -0.1) is 0 Å². The standard InChI is InChI=1S/C11H19ClO4/c1-3-5-7-15-10(13)9(12)11(14)16-8-6-4-2/h9H,3-8H2,1-2H3. The van der Waals surface area contributed by atoms with E-state index in [1.807, 2.05) is 13.8 Å². The molecule has 0 rings (SSSR count). The van der Waals surface area contributed by atoms with E-state index in [2.05, 4.69) is 0 Å². The summed E-state index contributed by atoms with van der Waals surface area (Å²) in [5.74, 6) is -1.45. The Bertz CT molecular complexity index is 196. The zero-order chi connectivity index (χ0) is 12.4. The van der Waals surface area contributed by atoms with E-state index in [-0.39, 0.29) is 0 Å². The fraction of sp³-hybridized carbons (Fsp3) is 0.818. The second kappa shape index (κ2) is 9.46. The van der Waals surface area contributed by atoms with Crippen molar-refractivity contribution in [2.45, 2.75) is 44.9 Å². The van der Waals surface area contributed by atoms with Crippen LogP contribution in [0.4, 0.5) is 0 Å². The van der Waals surface area contributed by atoms with E-state index in [1.54, 1.807) is 0 Å². The van der Waals surface area contributed by atoms with Crippen molar-refractivity contribution in [2.24, 2.45) is 0 Å². The third-order valence-electron chi connectivity index (χ3n) is 1.90. The lowest BCUT2D eigenvalue weighted by atomic mass is 10.3. The van der Waals surface area contributed by atoms with E-state index in [9.17, 15) is 9.59 Å². The van der Waals surface area contributed by atoms with Crippen molar-refractivity contribution in [1.82, 2.24) is 0 Å². The van der Waals surface area contributed by atoms with Gasteiger partial charge in [-0.3, -0.25) is 0 Å². The number of hydrogen-bond donors (Lipinski definition) is 0. The average Bonchev–Trinajstić information content (AvgIpc) is 2.28. The molecule has 0 aliphatic heterocycles. The fourth-order valence-corrected chi connectivity index (χ4v) is 1.00. The molecule has 0 aromatic carbocycles. The van der Waals surface area contributed by atoms with Crippen molar-refractivity contribution in [1.29, 1.82) is 0 Å². The van der Waals surface area contributed by atoms with Crippen LogP contribution in [0.2, 0.25) is 0 Å². The highest BCUT2D eigenvalue weighted by Crippen LogP contribution is 2.04. The largest absolute Gasteiger partial charge is 0.464 e. The van der Waals surface area contributed by atoms with E-state index in [4.69, 9.17) is 21.1 Å². The molecule has 0 atom stereocenters. The van der Waals surface area contributed by atoms with Crippen molar-refractivity contribution in [3.05, 3.63) is 0 Å². The van der Waals surface area contributed by atoms with Crippen LogP contribution in [0.5, 0.6) is 0 Å². The number of halogens is 1. The minimum atomic E-state index is -1.34. The number of unbranched alkanes of at least 4 members (excludes halogenated alkanes) is 2. The van der Waals surface area contributed by atoms with Crippen molar-refractivity contribution in [2.75, 3.05) is 13.2 Å². The number of carbonyl (C=O) groups is 2. The number of rotatable bonds is 8. The quantitative estimate of drug-likeness (QED) is 0.287. The second-order valence-corrected chi connectivity index (χ2v) is 3.84. The summed E-state index contributed by atoms with van der Waals surface area (Å²) < 4.78 is 9.60. The van der Waals surface area contributed by atoms with Crippen LogP contribution in [0, 0.1) is 0 Å². The average molecular weight is 251 g/mol. The van der Waals surface area contributed by atoms with Crippen LogP contribution in [0.25, 0.3) is 0 Å². The molecule has 4 nitrogen and oxygen atoms in total. The van der Waals surface area contributed by atoms with E-state index < -0.39 is 17.3 Å². The minimum absolute atomic E-state index is 0.292. The SMILES string of the molecule is CCCCOC(=O)C(Cl)C(=O)OCCCC. The van der Waals surface area contributed by atoms with Gasteiger partial charge in [0.2, 0.25) is 5.38 Å². The number of ether oxygens (including phenoxy) is 2. The van der Waals surface area contributed by atoms with Gasteiger partial charge >= 0.3 is 11.9 Å². The lowest BCUT2D eigenvalue weighted by molar-refractivity contribution is -0.153. The smallest absolute Gasteiger partial charge is 0.335 e. The van der Waals surface area contributed by atoms with E-state index in [1.165, 1.54) is 0 Å². The molecule has 0 aliphatic carbocycles. The summed E-state index contributed by atoms with van der Waals surface area (Å²) in [7, 11) is 0. The highest BCUT2D eigenvalue weighted by molar-refractivity contribution is 6.39. The Balaban J connectivity index is 3.78. The third kappa shape index (κ3) is 6.67. The maximum absolute atomic E-state index is 11.2. The van der Waals surface area contributed by atoms with Gasteiger partial charge in [-0.2, -0.15) is 0 Å². The van der Waals surface area contributed by atoms with Gasteiger partial charge in [0.25, 0.3) is 0 Å². The van der Waals surface area contributed by atoms with Crippen molar-refractivity contribution in [3.8, 4) is 0 Å². The predicted molar refractivity (Wildman–Crippen MR) is 61.4 cm³/mol. The molecular weight excluding hydrogens is 232 g/mol. The van der Waals surface area contributed by atoms with Crippen molar-refractivity contribution in [3.63, 3.8) is 0 Å². The predicted octanol–water partition coefficient (Wildman–Crippen LogP) is 2.28. The Labute approximate surface area is 101 Å². The molecule has 0 radical (unpaired) electrons. The summed E-state index contributed by atoms with van der Waals surface area (Å²) >= 11 is 5.59. The maximum Gasteiger partial charge on any atom is 0.335 e. The van der Waals surface area contributed by atoms with E-state index >= 15 is 0 Å². The first-order valence-electron chi connectivity index (χ1n) is 5.60. The maximum atomic E-state index is 11.2. The van der Waals surface area contributed by atoms with Crippen LogP contribution in [0.3, 0.4) is 0 Å². The van der Waals surface area contributed by atoms with Gasteiger partial charge < -0.3 is 9.47 Å². The molecule has 0 spiro atoms. The van der Waals surface area contributed by atoms with Crippen LogP contribution < -0.4 is 0 Å². The first-order chi connectivity index (χ1) is 7.63. The number of esters is 2. The van der Waals surface area contributed by atoms with Crippen LogP contribution >= 0.6 is 11.6 Å². The van der Waals surface area contributed by atoms with Crippen LogP contribution in [-0.2, 0) is 19.1 Å². The lowest BCUT2D eigenvalue weighted by Gasteiger charge is -2.09. The molecule has 0 heterocycles. The Hall–Kier alpha value is -0.770. The molecular formula is C11H19ClO4. The summed E-state index contributed by atoms with van der Waals surface area (Å²) in [6.07, 6.45) is 3.36. The van der Waals surface area contributed by atoms with E-state index in [0.29, 0.717) is 13.2 Å². The highest BCUT2D eigenvalue weighted by Gasteiger charge is 2.26. The Morgan fingerprint density at radius 3 is 1.69 bits per heavy atom. The van der Waals surface area contributed by atoms with Gasteiger partial charge in [0.05, 0.1) is 13.2 Å². The highest BCUT2D eigenvalue weighted by atomic mass is 35.5. The molecule has 0 saturated heterocycles. The van der Waals surface area contributed by atoms with Crippen LogP contribution in [0.15, 0.2) is 0 Å². The van der Waals surface area contributed by atoms with Gasteiger partial charge in [0, 0.05) is 0 Å². The normalized spacial score (nSPS) is 10.2. The van der Waals surface area contributed by atoms with Crippen molar-refractivity contribution < 1.29 is 19.1 Å². The molecule has 0 amide bonds. The topological polar surface area (TPSA) is 52.6 Å². The molecule has 0 bridgehead atoms. The van der Waals surface area contributed by atoms with Crippen LogP contribution in [0.1, 0.15) is 39.5 Å². The van der Waals surface area contributed by atoms with Gasteiger partial charge in [-0.25, -0.2) is 9.59 Å². The summed E-state index contributed by atoms with van der Waals surface area (Å²) in [6, 6.07) is 0. The van der Waals surface area contributed by atoms with Gasteiger partial charge in [-0.1, -0.05) is 38.3 Å².